The third kappa shape index (κ3) is 4.34. The van der Waals surface area contributed by atoms with Crippen LogP contribution in [0.25, 0.3) is 0 Å². The molecule has 2 heterocycles. The predicted molar refractivity (Wildman–Crippen MR) is 77.8 cm³/mol. The maximum absolute atomic E-state index is 13.2. The molecule has 0 aromatic carbocycles. The van der Waals surface area contributed by atoms with Gasteiger partial charge in [0, 0.05) is 25.8 Å². The minimum Gasteiger partial charge on any atom is -0.444 e. The van der Waals surface area contributed by atoms with E-state index < -0.39 is 29.5 Å². The molecule has 1 unspecified atom stereocenters. The molecule has 1 aliphatic rings. The number of carbonyl (C=O) groups excluding carboxylic acids is 1. The summed E-state index contributed by atoms with van der Waals surface area (Å²) in [5.74, 6) is 0. The van der Waals surface area contributed by atoms with Gasteiger partial charge in [-0.3, -0.25) is 9.88 Å². The van der Waals surface area contributed by atoms with Crippen LogP contribution in [0.15, 0.2) is 18.3 Å². The highest BCUT2D eigenvalue weighted by atomic mass is 19.4. The van der Waals surface area contributed by atoms with Gasteiger partial charge in [-0.05, 0) is 32.9 Å². The van der Waals surface area contributed by atoms with E-state index in [2.05, 4.69) is 10.3 Å². The largest absolute Gasteiger partial charge is 0.444 e. The van der Waals surface area contributed by atoms with Crippen molar-refractivity contribution in [3.8, 4) is 0 Å². The van der Waals surface area contributed by atoms with Crippen molar-refractivity contribution in [3.63, 3.8) is 0 Å². The number of ether oxygens (including phenoxy) is 1. The van der Waals surface area contributed by atoms with Crippen LogP contribution in [-0.2, 0) is 10.9 Å². The Bertz CT molecular complexity index is 570. The van der Waals surface area contributed by atoms with E-state index in [9.17, 15) is 18.0 Å². The molecule has 8 heteroatoms. The van der Waals surface area contributed by atoms with E-state index in [-0.39, 0.29) is 18.8 Å². The van der Waals surface area contributed by atoms with Crippen molar-refractivity contribution < 1.29 is 22.7 Å². The number of hydrogen-bond donors (Lipinski definition) is 1. The summed E-state index contributed by atoms with van der Waals surface area (Å²) in [4.78, 5) is 17.5. The number of alkyl halides is 3. The normalized spacial score (nSPS) is 19.6. The first-order valence-electron chi connectivity index (χ1n) is 7.32. The molecule has 0 aliphatic carbocycles. The van der Waals surface area contributed by atoms with Crippen LogP contribution in [0.2, 0.25) is 0 Å². The molecule has 1 aliphatic heterocycles. The average molecular weight is 331 g/mol. The first-order chi connectivity index (χ1) is 10.6. The highest BCUT2D eigenvalue weighted by Gasteiger charge is 2.40. The number of amides is 1. The molecule has 1 fully saturated rings. The molecular formula is C15H20F3N3O2. The van der Waals surface area contributed by atoms with Crippen LogP contribution in [-0.4, -0.2) is 41.2 Å². The standard InChI is InChI=1S/C15H20F3N3O2/c1-14(2,3)23-13(22)21-8-7-19-9-11(21)12-10(15(16,17)18)5-4-6-20-12/h4-6,11,19H,7-9H2,1-3H3. The van der Waals surface area contributed by atoms with Gasteiger partial charge in [-0.25, -0.2) is 4.79 Å². The average Bonchev–Trinajstić information content (AvgIpc) is 2.44. The van der Waals surface area contributed by atoms with Gasteiger partial charge in [0.15, 0.2) is 0 Å². The molecule has 5 nitrogen and oxygen atoms in total. The molecule has 128 valence electrons. The number of pyridine rings is 1. The lowest BCUT2D eigenvalue weighted by atomic mass is 10.0. The molecule has 0 saturated carbocycles. The molecule has 0 spiro atoms. The number of nitrogens with one attached hydrogen (secondary N) is 1. The Morgan fingerprint density at radius 1 is 1.39 bits per heavy atom. The fourth-order valence-electron chi connectivity index (χ4n) is 2.41. The molecule has 2 rings (SSSR count). The summed E-state index contributed by atoms with van der Waals surface area (Å²) in [6.07, 6.45) is -3.87. The Morgan fingerprint density at radius 3 is 2.70 bits per heavy atom. The topological polar surface area (TPSA) is 54.5 Å². The molecule has 1 saturated heterocycles. The molecule has 1 N–H and O–H groups in total. The smallest absolute Gasteiger partial charge is 0.418 e. The molecule has 1 amide bonds. The van der Waals surface area contributed by atoms with Crippen LogP contribution in [0, 0.1) is 0 Å². The highest BCUT2D eigenvalue weighted by molar-refractivity contribution is 5.69. The van der Waals surface area contributed by atoms with Gasteiger partial charge in [0.2, 0.25) is 0 Å². The Balaban J connectivity index is 2.34. The van der Waals surface area contributed by atoms with Gasteiger partial charge in [-0.1, -0.05) is 0 Å². The van der Waals surface area contributed by atoms with Gasteiger partial charge in [0.05, 0.1) is 17.3 Å². The van der Waals surface area contributed by atoms with Crippen molar-refractivity contribution in [2.45, 2.75) is 38.6 Å². The van der Waals surface area contributed by atoms with Crippen LogP contribution in [0.4, 0.5) is 18.0 Å². The minimum atomic E-state index is -4.53. The van der Waals surface area contributed by atoms with Gasteiger partial charge < -0.3 is 10.1 Å². The number of piperazine rings is 1. The number of halogens is 3. The lowest BCUT2D eigenvalue weighted by molar-refractivity contribution is -0.139. The van der Waals surface area contributed by atoms with E-state index in [1.54, 1.807) is 20.8 Å². The van der Waals surface area contributed by atoms with E-state index in [1.807, 2.05) is 0 Å². The fraction of sp³-hybridized carbons (Fsp3) is 0.600. The third-order valence-corrected chi connectivity index (χ3v) is 3.33. The van der Waals surface area contributed by atoms with Crippen LogP contribution in [0.3, 0.4) is 0 Å². The minimum absolute atomic E-state index is 0.168. The van der Waals surface area contributed by atoms with Crippen molar-refractivity contribution in [2.24, 2.45) is 0 Å². The van der Waals surface area contributed by atoms with Gasteiger partial charge in [-0.2, -0.15) is 13.2 Å². The number of hydrogen-bond acceptors (Lipinski definition) is 4. The van der Waals surface area contributed by atoms with E-state index in [0.29, 0.717) is 6.54 Å². The summed E-state index contributed by atoms with van der Waals surface area (Å²) in [5.41, 5.74) is -1.72. The quantitative estimate of drug-likeness (QED) is 0.859. The third-order valence-electron chi connectivity index (χ3n) is 3.33. The van der Waals surface area contributed by atoms with E-state index in [4.69, 9.17) is 4.74 Å². The first kappa shape index (κ1) is 17.5. The molecule has 0 bridgehead atoms. The second-order valence-corrected chi connectivity index (χ2v) is 6.33. The Labute approximate surface area is 132 Å². The predicted octanol–water partition coefficient (Wildman–Crippen LogP) is 2.98. The van der Waals surface area contributed by atoms with E-state index in [0.717, 1.165) is 6.07 Å². The summed E-state index contributed by atoms with van der Waals surface area (Å²) in [7, 11) is 0. The second-order valence-electron chi connectivity index (χ2n) is 6.33. The van der Waals surface area contributed by atoms with Crippen molar-refractivity contribution in [1.29, 1.82) is 0 Å². The first-order valence-corrected chi connectivity index (χ1v) is 7.32. The van der Waals surface area contributed by atoms with Crippen molar-refractivity contribution >= 4 is 6.09 Å². The van der Waals surface area contributed by atoms with Gasteiger partial charge in [0.1, 0.15) is 5.60 Å². The monoisotopic (exact) mass is 331 g/mol. The maximum Gasteiger partial charge on any atom is 0.418 e. The Morgan fingerprint density at radius 2 is 2.09 bits per heavy atom. The zero-order valence-electron chi connectivity index (χ0n) is 13.3. The molecule has 23 heavy (non-hydrogen) atoms. The second kappa shape index (κ2) is 6.35. The SMILES string of the molecule is CC(C)(C)OC(=O)N1CCNCC1c1ncccc1C(F)(F)F. The van der Waals surface area contributed by atoms with Gasteiger partial charge in [0.25, 0.3) is 0 Å². The molecule has 1 aromatic heterocycles. The summed E-state index contributed by atoms with van der Waals surface area (Å²) in [6.45, 7) is 6.08. The zero-order chi connectivity index (χ0) is 17.3. The summed E-state index contributed by atoms with van der Waals surface area (Å²) < 4.78 is 44.9. The van der Waals surface area contributed by atoms with Crippen molar-refractivity contribution in [2.75, 3.05) is 19.6 Å². The molecular weight excluding hydrogens is 311 g/mol. The molecule has 1 aromatic rings. The Kier molecular flexibility index (Phi) is 4.84. The zero-order valence-corrected chi connectivity index (χ0v) is 13.3. The maximum atomic E-state index is 13.2. The van der Waals surface area contributed by atoms with Crippen LogP contribution >= 0.6 is 0 Å². The van der Waals surface area contributed by atoms with Crippen LogP contribution in [0.1, 0.15) is 38.1 Å². The van der Waals surface area contributed by atoms with Crippen molar-refractivity contribution in [1.82, 2.24) is 15.2 Å². The fourth-order valence-corrected chi connectivity index (χ4v) is 2.41. The van der Waals surface area contributed by atoms with Crippen LogP contribution < -0.4 is 5.32 Å². The summed E-state index contributed by atoms with van der Waals surface area (Å²) >= 11 is 0. The number of rotatable bonds is 1. The summed E-state index contributed by atoms with van der Waals surface area (Å²) in [6, 6.07) is 1.39. The van der Waals surface area contributed by atoms with E-state index in [1.165, 1.54) is 17.2 Å². The Hall–Kier alpha value is -1.83. The van der Waals surface area contributed by atoms with Gasteiger partial charge in [-0.15, -0.1) is 0 Å². The summed E-state index contributed by atoms with van der Waals surface area (Å²) in [5, 5.41) is 3.00. The molecule has 0 radical (unpaired) electrons. The highest BCUT2D eigenvalue weighted by Crippen LogP contribution is 2.35. The van der Waals surface area contributed by atoms with Gasteiger partial charge >= 0.3 is 12.3 Å². The lowest BCUT2D eigenvalue weighted by Gasteiger charge is -2.37. The van der Waals surface area contributed by atoms with Crippen LogP contribution in [0.5, 0.6) is 0 Å². The lowest BCUT2D eigenvalue weighted by Crippen LogP contribution is -2.50. The number of aromatic nitrogens is 1. The molecule has 1 atom stereocenters. The van der Waals surface area contributed by atoms with Crippen molar-refractivity contribution in [3.05, 3.63) is 29.6 Å². The number of nitrogens with zero attached hydrogens (tertiary/aromatic N) is 2. The number of carbonyl (C=O) groups is 1. The van der Waals surface area contributed by atoms with E-state index >= 15 is 0 Å².